The molecule has 0 atom stereocenters. The monoisotopic (exact) mass is 450 g/mol. The highest BCUT2D eigenvalue weighted by Gasteiger charge is 2.17. The first-order valence-corrected chi connectivity index (χ1v) is 11.7. The van der Waals surface area contributed by atoms with Crippen molar-refractivity contribution in [1.82, 2.24) is 19.1 Å². The number of allylic oxidation sites excluding steroid dienone is 1. The summed E-state index contributed by atoms with van der Waals surface area (Å²) in [4.78, 5) is 31.5. The molecule has 0 saturated heterocycles. The molecule has 0 radical (unpaired) electrons. The van der Waals surface area contributed by atoms with Gasteiger partial charge in [0, 0.05) is 13.6 Å². The summed E-state index contributed by atoms with van der Waals surface area (Å²) in [7, 11) is 1.60. The molecule has 0 fully saturated rings. The number of imidazole rings is 1. The minimum atomic E-state index is -0.481. The number of rotatable bonds is 12. The number of hydrogen-bond donors (Lipinski definition) is 2. The largest absolute Gasteiger partial charge is 0.329 e. The van der Waals surface area contributed by atoms with Crippen LogP contribution in [0.4, 0.5) is 5.95 Å². The lowest BCUT2D eigenvalue weighted by Crippen LogP contribution is -2.29. The van der Waals surface area contributed by atoms with E-state index in [9.17, 15) is 9.59 Å². The predicted molar refractivity (Wildman–Crippen MR) is 136 cm³/mol. The van der Waals surface area contributed by atoms with E-state index >= 15 is 0 Å². The maximum atomic E-state index is 12.6. The SMILES string of the molecule is CCCCCCCCCn1c(NN=C(C)/C=C\c2ccccc2)nc2c1c(=O)[nH]c(=O)n2C. The zero-order valence-electron chi connectivity index (χ0n) is 19.8. The second-order valence-electron chi connectivity index (χ2n) is 8.31. The molecule has 0 unspecified atom stereocenters. The fourth-order valence-electron chi connectivity index (χ4n) is 3.72. The summed E-state index contributed by atoms with van der Waals surface area (Å²) in [5.74, 6) is 0.454. The van der Waals surface area contributed by atoms with Crippen molar-refractivity contribution in [3.05, 3.63) is 62.8 Å². The molecule has 0 spiro atoms. The van der Waals surface area contributed by atoms with Gasteiger partial charge in [-0.2, -0.15) is 10.1 Å². The van der Waals surface area contributed by atoms with Gasteiger partial charge < -0.3 is 4.57 Å². The molecule has 3 rings (SSSR count). The average molecular weight is 451 g/mol. The molecule has 8 heteroatoms. The van der Waals surface area contributed by atoms with E-state index in [0.717, 1.165) is 24.1 Å². The van der Waals surface area contributed by atoms with Gasteiger partial charge in [-0.05, 0) is 25.0 Å². The number of anilines is 1. The van der Waals surface area contributed by atoms with Gasteiger partial charge in [-0.3, -0.25) is 14.3 Å². The molecule has 0 aliphatic heterocycles. The fourth-order valence-corrected chi connectivity index (χ4v) is 3.72. The highest BCUT2D eigenvalue weighted by molar-refractivity contribution is 5.96. The Morgan fingerprint density at radius 1 is 1.09 bits per heavy atom. The molecular weight excluding hydrogens is 416 g/mol. The normalized spacial score (nSPS) is 12.2. The van der Waals surface area contributed by atoms with Crippen LogP contribution in [-0.4, -0.2) is 24.8 Å². The number of aryl methyl sites for hydroxylation is 2. The van der Waals surface area contributed by atoms with Crippen LogP contribution in [0.3, 0.4) is 0 Å². The lowest BCUT2D eigenvalue weighted by molar-refractivity contribution is 0.556. The third kappa shape index (κ3) is 6.54. The van der Waals surface area contributed by atoms with E-state index in [4.69, 9.17) is 0 Å². The van der Waals surface area contributed by atoms with Gasteiger partial charge in [0.1, 0.15) is 0 Å². The number of nitrogens with one attached hydrogen (secondary N) is 2. The van der Waals surface area contributed by atoms with Crippen LogP contribution in [0, 0.1) is 0 Å². The summed E-state index contributed by atoms with van der Waals surface area (Å²) in [6.07, 6.45) is 12.1. The first-order valence-electron chi connectivity index (χ1n) is 11.7. The Hall–Kier alpha value is -3.42. The van der Waals surface area contributed by atoms with Gasteiger partial charge >= 0.3 is 5.69 Å². The number of hydrogen-bond acceptors (Lipinski definition) is 5. The third-order valence-electron chi connectivity index (χ3n) is 5.64. The second-order valence-corrected chi connectivity index (χ2v) is 8.31. The van der Waals surface area contributed by atoms with Crippen molar-refractivity contribution in [2.75, 3.05) is 5.43 Å². The molecule has 0 amide bonds. The van der Waals surface area contributed by atoms with E-state index in [-0.39, 0.29) is 0 Å². The Balaban J connectivity index is 1.79. The highest BCUT2D eigenvalue weighted by atomic mass is 16.2. The molecule has 0 bridgehead atoms. The molecule has 0 saturated carbocycles. The molecule has 3 aromatic rings. The van der Waals surface area contributed by atoms with E-state index in [1.54, 1.807) is 7.05 Å². The van der Waals surface area contributed by atoms with Gasteiger partial charge in [-0.15, -0.1) is 0 Å². The van der Waals surface area contributed by atoms with Crippen molar-refractivity contribution in [3.63, 3.8) is 0 Å². The fraction of sp³-hybridized carbons (Fsp3) is 0.440. The summed E-state index contributed by atoms with van der Waals surface area (Å²) < 4.78 is 3.19. The summed E-state index contributed by atoms with van der Waals surface area (Å²) in [6, 6.07) is 9.98. The first-order chi connectivity index (χ1) is 16.0. The molecule has 2 aromatic heterocycles. The van der Waals surface area contributed by atoms with Crippen LogP contribution in [0.25, 0.3) is 17.2 Å². The van der Waals surface area contributed by atoms with Crippen LogP contribution in [0.1, 0.15) is 64.4 Å². The van der Waals surface area contributed by atoms with Crippen molar-refractivity contribution in [2.24, 2.45) is 12.1 Å². The smallest absolute Gasteiger partial charge is 0.303 e. The van der Waals surface area contributed by atoms with E-state index in [1.165, 1.54) is 36.7 Å². The van der Waals surface area contributed by atoms with Crippen LogP contribution in [0.15, 0.2) is 51.1 Å². The molecule has 0 aliphatic rings. The predicted octanol–water partition coefficient (Wildman–Crippen LogP) is 4.68. The quantitative estimate of drug-likeness (QED) is 0.238. The number of benzene rings is 1. The van der Waals surface area contributed by atoms with Gasteiger partial charge in [-0.1, -0.05) is 81.9 Å². The van der Waals surface area contributed by atoms with Crippen molar-refractivity contribution in [3.8, 4) is 0 Å². The molecule has 33 heavy (non-hydrogen) atoms. The van der Waals surface area contributed by atoms with E-state index in [2.05, 4.69) is 27.4 Å². The van der Waals surface area contributed by atoms with Crippen molar-refractivity contribution >= 4 is 28.9 Å². The number of nitrogens with zero attached hydrogens (tertiary/aromatic N) is 4. The minimum absolute atomic E-state index is 0.349. The second kappa shape index (κ2) is 12.0. The van der Waals surface area contributed by atoms with Crippen LogP contribution in [0.5, 0.6) is 0 Å². The van der Waals surface area contributed by atoms with Crippen LogP contribution in [-0.2, 0) is 13.6 Å². The number of hydrazone groups is 1. The van der Waals surface area contributed by atoms with Gasteiger partial charge in [0.25, 0.3) is 5.56 Å². The van der Waals surface area contributed by atoms with Crippen LogP contribution in [0.2, 0.25) is 0 Å². The Labute approximate surface area is 194 Å². The summed E-state index contributed by atoms with van der Waals surface area (Å²) in [5.41, 5.74) is 4.67. The lowest BCUT2D eigenvalue weighted by atomic mass is 10.1. The maximum absolute atomic E-state index is 12.6. The van der Waals surface area contributed by atoms with Crippen LogP contribution >= 0.6 is 0 Å². The maximum Gasteiger partial charge on any atom is 0.329 e. The highest BCUT2D eigenvalue weighted by Crippen LogP contribution is 2.17. The first kappa shape index (κ1) is 24.2. The van der Waals surface area contributed by atoms with Crippen molar-refractivity contribution in [2.45, 2.75) is 65.3 Å². The molecule has 0 aliphatic carbocycles. The van der Waals surface area contributed by atoms with Crippen LogP contribution < -0.4 is 16.7 Å². The number of H-pyrrole nitrogens is 1. The van der Waals surface area contributed by atoms with Gasteiger partial charge in [-0.25, -0.2) is 10.2 Å². The van der Waals surface area contributed by atoms with E-state index in [1.807, 2.05) is 54.0 Å². The zero-order chi connectivity index (χ0) is 23.6. The number of aromatic nitrogens is 4. The number of aromatic amines is 1. The van der Waals surface area contributed by atoms with Gasteiger partial charge in [0.2, 0.25) is 5.95 Å². The van der Waals surface area contributed by atoms with Crippen molar-refractivity contribution in [1.29, 1.82) is 0 Å². The minimum Gasteiger partial charge on any atom is -0.303 e. The summed E-state index contributed by atoms with van der Waals surface area (Å²) in [6.45, 7) is 4.73. The molecule has 2 N–H and O–H groups in total. The average Bonchev–Trinajstić information content (AvgIpc) is 3.19. The van der Waals surface area contributed by atoms with Crippen molar-refractivity contribution < 1.29 is 0 Å². The van der Waals surface area contributed by atoms with Gasteiger partial charge in [0.15, 0.2) is 11.2 Å². The Kier molecular flexibility index (Phi) is 8.80. The number of fused-ring (bicyclic) bond motifs is 1. The Morgan fingerprint density at radius 3 is 2.52 bits per heavy atom. The topological polar surface area (TPSA) is 97.1 Å². The molecule has 1 aromatic carbocycles. The molecule has 176 valence electrons. The molecule has 8 nitrogen and oxygen atoms in total. The lowest BCUT2D eigenvalue weighted by Gasteiger charge is -2.08. The Morgan fingerprint density at radius 2 is 1.79 bits per heavy atom. The molecule has 2 heterocycles. The summed E-state index contributed by atoms with van der Waals surface area (Å²) in [5, 5.41) is 4.42. The standard InChI is InChI=1S/C25H34N6O2/c1-4-5-6-7-8-9-13-18-31-21-22(30(3)25(33)27-23(21)32)26-24(31)29-28-19(2)16-17-20-14-11-10-12-15-20/h10-12,14-17H,4-9,13,18H2,1-3H3,(H,26,29)(H,27,32,33)/b17-16-,28-19?. The molecular formula is C25H34N6O2. The Bertz CT molecular complexity index is 1220. The van der Waals surface area contributed by atoms with E-state index in [0.29, 0.717) is 23.7 Å². The van der Waals surface area contributed by atoms with E-state index < -0.39 is 11.2 Å². The number of unbranched alkanes of at least 4 members (excludes halogenated alkanes) is 6. The van der Waals surface area contributed by atoms with Gasteiger partial charge in [0.05, 0.1) is 5.71 Å². The third-order valence-corrected chi connectivity index (χ3v) is 5.64. The summed E-state index contributed by atoms with van der Waals surface area (Å²) >= 11 is 0. The zero-order valence-corrected chi connectivity index (χ0v) is 19.8.